The number of hydrogen-bond donors (Lipinski definition) is 1. The number of nitrogens with one attached hydrogen (secondary N) is 1. The van der Waals surface area contributed by atoms with Gasteiger partial charge in [-0.3, -0.25) is 0 Å². The molecule has 0 bridgehead atoms. The van der Waals surface area contributed by atoms with E-state index in [1.54, 1.807) is 0 Å². The van der Waals surface area contributed by atoms with Gasteiger partial charge in [0.15, 0.2) is 0 Å². The lowest BCUT2D eigenvalue weighted by atomic mass is 10.4. The molecule has 0 radical (unpaired) electrons. The van der Waals surface area contributed by atoms with Gasteiger partial charge in [0.05, 0.1) is 0 Å². The predicted octanol–water partition coefficient (Wildman–Crippen LogP) is 1.70. The minimum Gasteiger partial charge on any atom is -0.312 e. The average molecular weight is 237 g/mol. The summed E-state index contributed by atoms with van der Waals surface area (Å²) in [5.74, 6) is 0. The molecule has 0 saturated heterocycles. The molecule has 0 aromatic heterocycles. The van der Waals surface area contributed by atoms with Crippen LogP contribution in [0.5, 0.6) is 0 Å². The topological polar surface area (TPSA) is 15.3 Å². The maximum Gasteiger partial charge on any atom is 0.0183 e. The van der Waals surface area contributed by atoms with Gasteiger partial charge in [-0.1, -0.05) is 29.8 Å². The fourth-order valence-corrected chi connectivity index (χ4v) is 1.29. The molecular weight excluding hydrogens is 216 g/mol. The summed E-state index contributed by atoms with van der Waals surface area (Å²) in [6.45, 7) is 11.2. The molecule has 12 heavy (non-hydrogen) atoms. The molecule has 3 heteroatoms. The van der Waals surface area contributed by atoms with E-state index >= 15 is 0 Å². The smallest absolute Gasteiger partial charge is 0.0183 e. The quantitative estimate of drug-likeness (QED) is 0.678. The molecule has 2 nitrogen and oxygen atoms in total. The van der Waals surface area contributed by atoms with Crippen molar-refractivity contribution in [3.8, 4) is 0 Å². The van der Waals surface area contributed by atoms with Crippen LogP contribution >= 0.6 is 15.9 Å². The summed E-state index contributed by atoms with van der Waals surface area (Å²) in [5.41, 5.74) is 0. The molecule has 0 spiro atoms. The van der Waals surface area contributed by atoms with Gasteiger partial charge in [0.1, 0.15) is 0 Å². The van der Waals surface area contributed by atoms with Crippen molar-refractivity contribution in [2.75, 3.05) is 31.5 Å². The Morgan fingerprint density at radius 3 is 2.33 bits per heavy atom. The normalized spacial score (nSPS) is 13.8. The van der Waals surface area contributed by atoms with Crippen LogP contribution in [-0.2, 0) is 0 Å². The molecule has 0 aliphatic heterocycles. The molecule has 1 atom stereocenters. The maximum atomic E-state index is 3.44. The molecule has 0 heterocycles. The Kier molecular flexibility index (Phi) is 8.29. The minimum atomic E-state index is 0.584. The summed E-state index contributed by atoms with van der Waals surface area (Å²) in [6.07, 6.45) is 0. The van der Waals surface area contributed by atoms with E-state index in [9.17, 15) is 0 Å². The standard InChI is InChI=1S/C9H21BrN2/c1-4-12(5-2)7-6-11-9(3)8-10/h9,11H,4-8H2,1-3H3. The summed E-state index contributed by atoms with van der Waals surface area (Å²) < 4.78 is 0. The Hall–Kier alpha value is 0.400. The largest absolute Gasteiger partial charge is 0.312 e. The van der Waals surface area contributed by atoms with Gasteiger partial charge in [-0.25, -0.2) is 0 Å². The van der Waals surface area contributed by atoms with Crippen LogP contribution in [0.4, 0.5) is 0 Å². The average Bonchev–Trinajstić information content (AvgIpc) is 2.12. The van der Waals surface area contributed by atoms with Crippen molar-refractivity contribution in [2.24, 2.45) is 0 Å². The van der Waals surface area contributed by atoms with Gasteiger partial charge in [-0.05, 0) is 20.0 Å². The number of hydrogen-bond acceptors (Lipinski definition) is 2. The number of halogens is 1. The highest BCUT2D eigenvalue weighted by molar-refractivity contribution is 9.09. The highest BCUT2D eigenvalue weighted by Crippen LogP contribution is 1.89. The Morgan fingerprint density at radius 1 is 1.33 bits per heavy atom. The van der Waals surface area contributed by atoms with Gasteiger partial charge in [0.2, 0.25) is 0 Å². The molecule has 0 aromatic rings. The number of nitrogens with zero attached hydrogens (tertiary/aromatic N) is 1. The number of likely N-dealkylation sites (N-methyl/N-ethyl adjacent to an activating group) is 1. The Balaban J connectivity index is 3.28. The summed E-state index contributed by atoms with van der Waals surface area (Å²) in [7, 11) is 0. The zero-order valence-electron chi connectivity index (χ0n) is 8.44. The summed E-state index contributed by atoms with van der Waals surface area (Å²) in [5, 5.41) is 4.48. The van der Waals surface area contributed by atoms with Crippen LogP contribution in [0.1, 0.15) is 20.8 Å². The van der Waals surface area contributed by atoms with E-state index in [-0.39, 0.29) is 0 Å². The van der Waals surface area contributed by atoms with E-state index in [4.69, 9.17) is 0 Å². The predicted molar refractivity (Wildman–Crippen MR) is 59.0 cm³/mol. The van der Waals surface area contributed by atoms with Gasteiger partial charge >= 0.3 is 0 Å². The molecule has 0 aliphatic rings. The van der Waals surface area contributed by atoms with E-state index in [2.05, 4.69) is 46.9 Å². The Bertz CT molecular complexity index is 94.5. The third-order valence-corrected chi connectivity index (χ3v) is 3.02. The van der Waals surface area contributed by atoms with Crippen LogP contribution in [0.25, 0.3) is 0 Å². The van der Waals surface area contributed by atoms with Gasteiger partial charge in [-0.2, -0.15) is 0 Å². The van der Waals surface area contributed by atoms with E-state index < -0.39 is 0 Å². The fourth-order valence-electron chi connectivity index (χ4n) is 1.06. The van der Waals surface area contributed by atoms with Crippen molar-refractivity contribution in [1.29, 1.82) is 0 Å². The third kappa shape index (κ3) is 5.98. The van der Waals surface area contributed by atoms with Crippen molar-refractivity contribution in [3.63, 3.8) is 0 Å². The van der Waals surface area contributed by atoms with Gasteiger partial charge in [-0.15, -0.1) is 0 Å². The van der Waals surface area contributed by atoms with Crippen molar-refractivity contribution < 1.29 is 0 Å². The van der Waals surface area contributed by atoms with Crippen molar-refractivity contribution in [3.05, 3.63) is 0 Å². The van der Waals surface area contributed by atoms with E-state index in [1.165, 1.54) is 0 Å². The van der Waals surface area contributed by atoms with E-state index in [0.29, 0.717) is 6.04 Å². The van der Waals surface area contributed by atoms with Gasteiger partial charge < -0.3 is 10.2 Å². The second-order valence-electron chi connectivity index (χ2n) is 3.04. The molecular formula is C9H21BrN2. The molecule has 74 valence electrons. The van der Waals surface area contributed by atoms with E-state index in [0.717, 1.165) is 31.5 Å². The highest BCUT2D eigenvalue weighted by Gasteiger charge is 2.00. The first-order chi connectivity index (χ1) is 5.74. The third-order valence-electron chi connectivity index (χ3n) is 2.05. The molecule has 0 saturated carbocycles. The lowest BCUT2D eigenvalue weighted by molar-refractivity contribution is 0.299. The van der Waals surface area contributed by atoms with Crippen molar-refractivity contribution >= 4 is 15.9 Å². The van der Waals surface area contributed by atoms with E-state index in [1.807, 2.05) is 0 Å². The summed E-state index contributed by atoms with van der Waals surface area (Å²) >= 11 is 3.44. The first kappa shape index (κ1) is 12.4. The SMILES string of the molecule is CCN(CC)CCNC(C)CBr. The Morgan fingerprint density at radius 2 is 1.92 bits per heavy atom. The first-order valence-electron chi connectivity index (χ1n) is 4.76. The molecule has 0 aliphatic carbocycles. The molecule has 0 aromatic carbocycles. The molecule has 1 N–H and O–H groups in total. The van der Waals surface area contributed by atoms with Crippen LogP contribution in [0, 0.1) is 0 Å². The zero-order valence-corrected chi connectivity index (χ0v) is 10.0. The minimum absolute atomic E-state index is 0.584. The molecule has 0 fully saturated rings. The first-order valence-corrected chi connectivity index (χ1v) is 5.88. The van der Waals surface area contributed by atoms with Crippen LogP contribution < -0.4 is 5.32 Å². The summed E-state index contributed by atoms with van der Waals surface area (Å²) in [6, 6.07) is 0.584. The van der Waals surface area contributed by atoms with Crippen molar-refractivity contribution in [2.45, 2.75) is 26.8 Å². The van der Waals surface area contributed by atoms with Crippen LogP contribution in [0.15, 0.2) is 0 Å². The van der Waals surface area contributed by atoms with Crippen LogP contribution in [0.3, 0.4) is 0 Å². The fraction of sp³-hybridized carbons (Fsp3) is 1.00. The zero-order chi connectivity index (χ0) is 9.40. The number of alkyl halides is 1. The van der Waals surface area contributed by atoms with Gasteiger partial charge in [0, 0.05) is 24.5 Å². The molecule has 0 amide bonds. The van der Waals surface area contributed by atoms with Crippen molar-refractivity contribution in [1.82, 2.24) is 10.2 Å². The molecule has 1 unspecified atom stereocenters. The van der Waals surface area contributed by atoms with Gasteiger partial charge in [0.25, 0.3) is 0 Å². The Labute approximate surface area is 84.8 Å². The maximum absolute atomic E-state index is 3.44. The lowest BCUT2D eigenvalue weighted by Crippen LogP contribution is -2.36. The monoisotopic (exact) mass is 236 g/mol. The highest BCUT2D eigenvalue weighted by atomic mass is 79.9. The van der Waals surface area contributed by atoms with Crippen LogP contribution in [0.2, 0.25) is 0 Å². The lowest BCUT2D eigenvalue weighted by Gasteiger charge is -2.19. The second kappa shape index (κ2) is 8.02. The second-order valence-corrected chi connectivity index (χ2v) is 3.68. The number of rotatable bonds is 7. The molecule has 0 rings (SSSR count). The van der Waals surface area contributed by atoms with Crippen LogP contribution in [-0.4, -0.2) is 42.5 Å². The summed E-state index contributed by atoms with van der Waals surface area (Å²) in [4.78, 5) is 2.42.